The van der Waals surface area contributed by atoms with E-state index in [1.54, 1.807) is 18.4 Å². The van der Waals surface area contributed by atoms with Crippen LogP contribution in [0.5, 0.6) is 0 Å². The number of hydrogen-bond acceptors (Lipinski definition) is 3. The van der Waals surface area contributed by atoms with Crippen LogP contribution in [0.3, 0.4) is 0 Å². The van der Waals surface area contributed by atoms with E-state index in [2.05, 4.69) is 40.6 Å². The van der Waals surface area contributed by atoms with E-state index in [4.69, 9.17) is 5.73 Å². The molecule has 0 aromatic heterocycles. The molecule has 0 aliphatic rings. The summed E-state index contributed by atoms with van der Waals surface area (Å²) in [6.45, 7) is 10.7. The molecule has 92 valence electrons. The van der Waals surface area contributed by atoms with Gasteiger partial charge in [-0.3, -0.25) is 0 Å². The van der Waals surface area contributed by atoms with Crippen LogP contribution in [0.2, 0.25) is 0 Å². The van der Waals surface area contributed by atoms with Crippen LogP contribution in [-0.4, -0.2) is 18.9 Å². The van der Waals surface area contributed by atoms with Crippen molar-refractivity contribution < 1.29 is 0 Å². The first-order valence-corrected chi connectivity index (χ1v) is 5.17. The fraction of sp³-hybridized carbons (Fsp3) is 0. The zero-order valence-electron chi connectivity index (χ0n) is 10.0. The van der Waals surface area contributed by atoms with E-state index in [1.165, 1.54) is 0 Å². The number of rotatable bonds is 5. The van der Waals surface area contributed by atoms with Crippen LogP contribution in [0.4, 0.5) is 0 Å². The minimum Gasteiger partial charge on any atom is -0.367 e. The molecule has 1 aromatic carbocycles. The van der Waals surface area contributed by atoms with Crippen molar-refractivity contribution in [3.05, 3.63) is 48.0 Å². The van der Waals surface area contributed by atoms with Crippen LogP contribution in [0.1, 0.15) is 16.7 Å². The van der Waals surface area contributed by atoms with Crippen molar-refractivity contribution in [3.63, 3.8) is 0 Å². The maximum absolute atomic E-state index is 5.42. The van der Waals surface area contributed by atoms with Crippen molar-refractivity contribution in [2.75, 3.05) is 0 Å². The maximum atomic E-state index is 5.42. The minimum absolute atomic E-state index is 0.0741. The minimum atomic E-state index is 0.0741. The molecule has 1 rings (SSSR count). The monoisotopic (exact) mass is 241 g/mol. The third-order valence-corrected chi connectivity index (χ3v) is 2.04. The van der Waals surface area contributed by atoms with Gasteiger partial charge in [-0.25, -0.2) is 5.43 Å². The molecule has 0 atom stereocenters. The molecule has 18 heavy (non-hydrogen) atoms. The highest BCUT2D eigenvalue weighted by molar-refractivity contribution is 5.84. The zero-order chi connectivity index (χ0) is 13.4. The first-order chi connectivity index (χ1) is 8.69. The molecular weight excluding hydrogens is 226 g/mol. The molecule has 0 heterocycles. The summed E-state index contributed by atoms with van der Waals surface area (Å²) in [5.74, 6) is 0.0741. The van der Waals surface area contributed by atoms with E-state index >= 15 is 0 Å². The number of benzene rings is 1. The zero-order valence-corrected chi connectivity index (χ0v) is 10.0. The van der Waals surface area contributed by atoms with Gasteiger partial charge in [0.1, 0.15) is 0 Å². The van der Waals surface area contributed by atoms with Gasteiger partial charge >= 0.3 is 0 Å². The van der Waals surface area contributed by atoms with E-state index < -0.39 is 0 Å². The summed E-state index contributed by atoms with van der Waals surface area (Å²) in [6, 6.07) is 5.82. The van der Waals surface area contributed by atoms with Crippen molar-refractivity contribution in [1.82, 2.24) is 5.43 Å². The van der Waals surface area contributed by atoms with Gasteiger partial charge in [0.2, 0.25) is 5.96 Å². The second kappa shape index (κ2) is 6.80. The Balaban J connectivity index is 2.93. The van der Waals surface area contributed by atoms with E-state index in [1.807, 2.05) is 18.2 Å². The summed E-state index contributed by atoms with van der Waals surface area (Å²) >= 11 is 0. The van der Waals surface area contributed by atoms with Crippen LogP contribution in [0.25, 0.3) is 12.2 Å². The van der Waals surface area contributed by atoms with Gasteiger partial charge in [0.05, 0.1) is 6.21 Å². The standard InChI is InChI=1S/C13H15N5/c1-4-10-6-11(5-2)8-12(7-10)9-16-18-13(14)17-15-3/h4-9H,1-3H2,(H3,14,17,18). The predicted molar refractivity (Wildman–Crippen MR) is 78.5 cm³/mol. The SMILES string of the molecule is C=Cc1cc(C=C)cc(C=NN=C(N)NN=C)c1. The van der Waals surface area contributed by atoms with Crippen molar-refractivity contribution in [2.45, 2.75) is 0 Å². The Morgan fingerprint density at radius 1 is 1.11 bits per heavy atom. The second-order valence-corrected chi connectivity index (χ2v) is 3.34. The summed E-state index contributed by atoms with van der Waals surface area (Å²) in [7, 11) is 0. The lowest BCUT2D eigenvalue weighted by atomic mass is 10.1. The maximum Gasteiger partial charge on any atom is 0.234 e. The van der Waals surface area contributed by atoms with Crippen LogP contribution in [0, 0.1) is 0 Å². The van der Waals surface area contributed by atoms with Gasteiger partial charge < -0.3 is 5.73 Å². The molecule has 0 aliphatic heterocycles. The number of nitrogens with zero attached hydrogens (tertiary/aromatic N) is 3. The molecule has 3 N–H and O–H groups in total. The molecule has 0 amide bonds. The highest BCUT2D eigenvalue weighted by Gasteiger charge is 1.94. The molecule has 5 nitrogen and oxygen atoms in total. The first-order valence-electron chi connectivity index (χ1n) is 5.17. The van der Waals surface area contributed by atoms with Crippen molar-refractivity contribution in [3.8, 4) is 0 Å². The van der Waals surface area contributed by atoms with Crippen LogP contribution >= 0.6 is 0 Å². The number of nitrogens with one attached hydrogen (secondary N) is 1. The molecule has 0 radical (unpaired) electrons. The van der Waals surface area contributed by atoms with Crippen molar-refractivity contribution >= 4 is 31.0 Å². The van der Waals surface area contributed by atoms with E-state index in [0.29, 0.717) is 0 Å². The van der Waals surface area contributed by atoms with E-state index in [0.717, 1.165) is 16.7 Å². The van der Waals surface area contributed by atoms with Crippen molar-refractivity contribution in [2.24, 2.45) is 21.0 Å². The Morgan fingerprint density at radius 3 is 2.17 bits per heavy atom. The molecule has 1 aromatic rings. The van der Waals surface area contributed by atoms with Crippen LogP contribution < -0.4 is 11.2 Å². The Morgan fingerprint density at radius 2 is 1.67 bits per heavy atom. The molecule has 0 unspecified atom stereocenters. The number of nitrogens with two attached hydrogens (primary N) is 1. The fourth-order valence-electron chi connectivity index (χ4n) is 1.27. The van der Waals surface area contributed by atoms with Crippen LogP contribution in [0.15, 0.2) is 46.7 Å². The molecule has 5 heteroatoms. The third-order valence-electron chi connectivity index (χ3n) is 2.04. The molecular formula is C13H15N5. The molecule has 0 aliphatic carbocycles. The van der Waals surface area contributed by atoms with Gasteiger partial charge in [-0.05, 0) is 34.9 Å². The Bertz CT molecular complexity index is 488. The Hall–Kier alpha value is -2.69. The molecule has 0 saturated carbocycles. The average molecular weight is 241 g/mol. The third kappa shape index (κ3) is 4.05. The summed E-state index contributed by atoms with van der Waals surface area (Å²) < 4.78 is 0. The summed E-state index contributed by atoms with van der Waals surface area (Å²) in [6.07, 6.45) is 5.09. The van der Waals surface area contributed by atoms with Gasteiger partial charge in [0.25, 0.3) is 0 Å². The van der Waals surface area contributed by atoms with Gasteiger partial charge in [-0.15, -0.1) is 5.10 Å². The quantitative estimate of drug-likeness (QED) is 0.469. The van der Waals surface area contributed by atoms with Gasteiger partial charge in [-0.1, -0.05) is 25.3 Å². The fourth-order valence-corrected chi connectivity index (χ4v) is 1.27. The largest absolute Gasteiger partial charge is 0.367 e. The molecule has 0 saturated heterocycles. The molecule has 0 spiro atoms. The smallest absolute Gasteiger partial charge is 0.234 e. The number of guanidine groups is 1. The van der Waals surface area contributed by atoms with Crippen molar-refractivity contribution in [1.29, 1.82) is 0 Å². The van der Waals surface area contributed by atoms with Gasteiger partial charge in [0.15, 0.2) is 0 Å². The summed E-state index contributed by atoms with van der Waals surface area (Å²) in [5.41, 5.74) is 10.6. The first kappa shape index (κ1) is 13.4. The summed E-state index contributed by atoms with van der Waals surface area (Å²) in [4.78, 5) is 0. The molecule has 0 bridgehead atoms. The highest BCUT2D eigenvalue weighted by atomic mass is 15.4. The predicted octanol–water partition coefficient (Wildman–Crippen LogP) is 1.83. The molecule has 0 fully saturated rings. The lowest BCUT2D eigenvalue weighted by Gasteiger charge is -2.00. The number of hydrogen-bond donors (Lipinski definition) is 2. The normalized spacial score (nSPS) is 11.2. The Kier molecular flexibility index (Phi) is 5.05. The van der Waals surface area contributed by atoms with E-state index in [9.17, 15) is 0 Å². The average Bonchev–Trinajstić information content (AvgIpc) is 2.38. The topological polar surface area (TPSA) is 75.1 Å². The van der Waals surface area contributed by atoms with Crippen LogP contribution in [-0.2, 0) is 0 Å². The Labute approximate surface area is 106 Å². The summed E-state index contributed by atoms with van der Waals surface area (Å²) in [5, 5.41) is 10.9. The van der Waals surface area contributed by atoms with E-state index in [-0.39, 0.29) is 5.96 Å². The number of hydrazone groups is 1. The van der Waals surface area contributed by atoms with Gasteiger partial charge in [0, 0.05) is 6.72 Å². The lowest BCUT2D eigenvalue weighted by Crippen LogP contribution is -2.26. The second-order valence-electron chi connectivity index (χ2n) is 3.34. The highest BCUT2D eigenvalue weighted by Crippen LogP contribution is 2.11. The van der Waals surface area contributed by atoms with Gasteiger partial charge in [-0.2, -0.15) is 10.2 Å². The lowest BCUT2D eigenvalue weighted by molar-refractivity contribution is 0.999.